The summed E-state index contributed by atoms with van der Waals surface area (Å²) in [5.74, 6) is -0.0327. The van der Waals surface area contributed by atoms with Crippen LogP contribution in [-0.2, 0) is 20.7 Å². The first-order chi connectivity index (χ1) is 12.1. The average molecular weight is 341 g/mol. The van der Waals surface area contributed by atoms with E-state index < -0.39 is 5.97 Å². The van der Waals surface area contributed by atoms with Crippen LogP contribution in [0.1, 0.15) is 18.1 Å². The van der Waals surface area contributed by atoms with E-state index in [4.69, 9.17) is 9.47 Å². The lowest BCUT2D eigenvalue weighted by molar-refractivity contribution is -0.148. The molecule has 0 aliphatic heterocycles. The van der Waals surface area contributed by atoms with Crippen LogP contribution < -0.4 is 4.74 Å². The summed E-state index contributed by atoms with van der Waals surface area (Å²) >= 11 is 0. The Morgan fingerprint density at radius 3 is 2.40 bits per heavy atom. The average Bonchev–Trinajstić information content (AvgIpc) is 2.61. The first-order valence-corrected chi connectivity index (χ1v) is 8.24. The Morgan fingerprint density at radius 2 is 1.68 bits per heavy atom. The van der Waals surface area contributed by atoms with E-state index in [-0.39, 0.29) is 19.1 Å². The van der Waals surface area contributed by atoms with Crippen molar-refractivity contribution in [2.24, 2.45) is 0 Å². The van der Waals surface area contributed by atoms with Crippen molar-refractivity contribution < 1.29 is 19.1 Å². The molecule has 25 heavy (non-hydrogen) atoms. The maximum absolute atomic E-state index is 12.1. The molecule has 5 heteroatoms. The zero-order valence-electron chi connectivity index (χ0n) is 14.6. The van der Waals surface area contributed by atoms with Gasteiger partial charge in [0.15, 0.2) is 6.61 Å². The molecular formula is C20H23NO4. The summed E-state index contributed by atoms with van der Waals surface area (Å²) in [6.45, 7) is 1.82. The quantitative estimate of drug-likeness (QED) is 0.693. The summed E-state index contributed by atoms with van der Waals surface area (Å²) in [7, 11) is 1.55. The largest absolute Gasteiger partial charge is 0.483 e. The van der Waals surface area contributed by atoms with E-state index in [0.29, 0.717) is 12.4 Å². The summed E-state index contributed by atoms with van der Waals surface area (Å²) in [5.41, 5.74) is 2.18. The molecule has 0 radical (unpaired) electrons. The second-order valence-electron chi connectivity index (χ2n) is 5.61. The van der Waals surface area contributed by atoms with Gasteiger partial charge in [-0.05, 0) is 24.1 Å². The molecule has 0 unspecified atom stereocenters. The summed E-state index contributed by atoms with van der Waals surface area (Å²) in [4.78, 5) is 24.9. The molecule has 0 bridgehead atoms. The number of likely N-dealkylation sites (N-methyl/N-ethyl adjacent to an activating group) is 1. The number of benzene rings is 2. The number of ether oxygens (including phenoxy) is 2. The molecule has 2 aromatic rings. The lowest BCUT2D eigenvalue weighted by Gasteiger charge is -2.17. The molecule has 2 rings (SSSR count). The number of rotatable bonds is 8. The fourth-order valence-electron chi connectivity index (χ4n) is 2.34. The van der Waals surface area contributed by atoms with Crippen molar-refractivity contribution in [2.45, 2.75) is 13.3 Å². The third-order valence-corrected chi connectivity index (χ3v) is 3.66. The zero-order chi connectivity index (χ0) is 18.1. The fraction of sp³-hybridized carbons (Fsp3) is 0.300. The van der Waals surface area contributed by atoms with Gasteiger partial charge in [-0.1, -0.05) is 48.5 Å². The fourth-order valence-corrected chi connectivity index (χ4v) is 2.34. The van der Waals surface area contributed by atoms with Crippen molar-refractivity contribution in [1.29, 1.82) is 0 Å². The molecule has 1 amide bonds. The predicted molar refractivity (Wildman–Crippen MR) is 95.5 cm³/mol. The van der Waals surface area contributed by atoms with Gasteiger partial charge in [0, 0.05) is 13.5 Å². The second-order valence-corrected chi connectivity index (χ2v) is 5.61. The number of esters is 1. The molecular weight excluding hydrogens is 318 g/mol. The molecule has 2 aromatic carbocycles. The summed E-state index contributed by atoms with van der Waals surface area (Å²) < 4.78 is 10.5. The number of hydrogen-bond donors (Lipinski definition) is 0. The Balaban J connectivity index is 1.94. The molecule has 0 saturated heterocycles. The smallest absolute Gasteiger partial charge is 0.325 e. The van der Waals surface area contributed by atoms with Gasteiger partial charge in [-0.15, -0.1) is 0 Å². The van der Waals surface area contributed by atoms with Gasteiger partial charge < -0.3 is 14.4 Å². The van der Waals surface area contributed by atoms with Gasteiger partial charge in [0.1, 0.15) is 12.3 Å². The highest BCUT2D eigenvalue weighted by Gasteiger charge is 2.15. The first kappa shape index (κ1) is 18.5. The van der Waals surface area contributed by atoms with Crippen LogP contribution in [0.25, 0.3) is 0 Å². The van der Waals surface area contributed by atoms with Crippen LogP contribution in [0.4, 0.5) is 0 Å². The van der Waals surface area contributed by atoms with Gasteiger partial charge >= 0.3 is 5.97 Å². The highest BCUT2D eigenvalue weighted by atomic mass is 16.5. The van der Waals surface area contributed by atoms with E-state index in [0.717, 1.165) is 12.0 Å². The lowest BCUT2D eigenvalue weighted by atomic mass is 10.0. The van der Waals surface area contributed by atoms with Crippen LogP contribution in [0.3, 0.4) is 0 Å². The summed E-state index contributed by atoms with van der Waals surface area (Å²) in [5, 5.41) is 0. The third kappa shape index (κ3) is 5.95. The Labute approximate surface area is 148 Å². The highest BCUT2D eigenvalue weighted by molar-refractivity contribution is 5.82. The van der Waals surface area contributed by atoms with Crippen LogP contribution in [-0.4, -0.2) is 43.6 Å². The van der Waals surface area contributed by atoms with Crippen molar-refractivity contribution >= 4 is 11.9 Å². The molecule has 0 saturated carbocycles. The number of carbonyl (C=O) groups excluding carboxylic acids is 2. The Hall–Kier alpha value is -2.82. The van der Waals surface area contributed by atoms with E-state index in [9.17, 15) is 9.59 Å². The molecule has 0 atom stereocenters. The van der Waals surface area contributed by atoms with Crippen molar-refractivity contribution in [3.8, 4) is 5.75 Å². The van der Waals surface area contributed by atoms with Gasteiger partial charge in [-0.2, -0.15) is 0 Å². The minimum Gasteiger partial charge on any atom is -0.483 e. The van der Waals surface area contributed by atoms with Crippen LogP contribution >= 0.6 is 0 Å². The Bertz CT molecular complexity index is 700. The minimum atomic E-state index is -0.428. The second kappa shape index (κ2) is 9.47. The molecule has 0 spiro atoms. The van der Waals surface area contributed by atoms with Crippen LogP contribution in [0.15, 0.2) is 54.6 Å². The van der Waals surface area contributed by atoms with Crippen LogP contribution in [0.5, 0.6) is 5.75 Å². The van der Waals surface area contributed by atoms with Crippen molar-refractivity contribution in [3.05, 3.63) is 65.7 Å². The Kier molecular flexibility index (Phi) is 7.01. The molecule has 0 aliphatic carbocycles. The normalized spacial score (nSPS) is 10.2. The maximum atomic E-state index is 12.1. The zero-order valence-corrected chi connectivity index (χ0v) is 14.6. The molecule has 5 nitrogen and oxygen atoms in total. The van der Waals surface area contributed by atoms with Gasteiger partial charge in [0.05, 0.1) is 6.61 Å². The number of amides is 1. The van der Waals surface area contributed by atoms with Gasteiger partial charge in [-0.25, -0.2) is 0 Å². The molecule has 0 aliphatic rings. The van der Waals surface area contributed by atoms with Crippen molar-refractivity contribution in [1.82, 2.24) is 4.90 Å². The number of para-hydroxylation sites is 1. The van der Waals surface area contributed by atoms with E-state index in [1.54, 1.807) is 14.0 Å². The SMILES string of the molecule is CCOC(=O)CN(C)C(=O)COc1ccccc1Cc1ccccc1. The monoisotopic (exact) mass is 341 g/mol. The first-order valence-electron chi connectivity index (χ1n) is 8.24. The Morgan fingerprint density at radius 1 is 1.00 bits per heavy atom. The van der Waals surface area contributed by atoms with Gasteiger partial charge in [0.2, 0.25) is 0 Å². The highest BCUT2D eigenvalue weighted by Crippen LogP contribution is 2.21. The van der Waals surface area contributed by atoms with Crippen LogP contribution in [0.2, 0.25) is 0 Å². The molecule has 132 valence electrons. The van der Waals surface area contributed by atoms with E-state index >= 15 is 0 Å². The number of nitrogens with zero attached hydrogens (tertiary/aromatic N) is 1. The van der Waals surface area contributed by atoms with Crippen LogP contribution in [0, 0.1) is 0 Å². The van der Waals surface area contributed by atoms with E-state index in [1.807, 2.05) is 42.5 Å². The summed E-state index contributed by atoms with van der Waals surface area (Å²) in [6.07, 6.45) is 0.726. The standard InChI is InChI=1S/C20H23NO4/c1-3-24-20(23)14-21(2)19(22)15-25-18-12-8-7-11-17(18)13-16-9-5-4-6-10-16/h4-12H,3,13-15H2,1-2H3. The lowest BCUT2D eigenvalue weighted by Crippen LogP contribution is -2.36. The maximum Gasteiger partial charge on any atom is 0.325 e. The topological polar surface area (TPSA) is 55.8 Å². The number of hydrogen-bond acceptors (Lipinski definition) is 4. The summed E-state index contributed by atoms with van der Waals surface area (Å²) in [6, 6.07) is 17.7. The van der Waals surface area contributed by atoms with Crippen molar-refractivity contribution in [3.63, 3.8) is 0 Å². The van der Waals surface area contributed by atoms with E-state index in [1.165, 1.54) is 10.5 Å². The predicted octanol–water partition coefficient (Wildman–Crippen LogP) is 2.68. The number of carbonyl (C=O) groups is 2. The van der Waals surface area contributed by atoms with Crippen molar-refractivity contribution in [2.75, 3.05) is 26.8 Å². The molecule has 0 heterocycles. The van der Waals surface area contributed by atoms with Gasteiger partial charge in [0.25, 0.3) is 5.91 Å². The third-order valence-electron chi connectivity index (χ3n) is 3.66. The van der Waals surface area contributed by atoms with E-state index in [2.05, 4.69) is 12.1 Å². The molecule has 0 fully saturated rings. The molecule has 0 N–H and O–H groups in total. The van der Waals surface area contributed by atoms with Gasteiger partial charge in [-0.3, -0.25) is 9.59 Å². The minimum absolute atomic E-state index is 0.0817. The molecule has 0 aromatic heterocycles.